The molecule has 2 rings (SSSR count). The minimum Gasteiger partial charge on any atom is -0.313 e. The van der Waals surface area contributed by atoms with Crippen LogP contribution in [0.2, 0.25) is 0 Å². The van der Waals surface area contributed by atoms with Crippen molar-refractivity contribution in [3.05, 3.63) is 55.9 Å². The Hall–Kier alpha value is -0.710. The van der Waals surface area contributed by atoms with Gasteiger partial charge in [0.2, 0.25) is 0 Å². The molecule has 0 bridgehead atoms. The van der Waals surface area contributed by atoms with Crippen molar-refractivity contribution in [2.45, 2.75) is 19.4 Å². The highest BCUT2D eigenvalue weighted by atomic mass is 79.9. The molecule has 4 heteroatoms. The molecule has 96 valence electrons. The predicted molar refractivity (Wildman–Crippen MR) is 78.7 cm³/mol. The van der Waals surface area contributed by atoms with Crippen LogP contribution in [-0.2, 0) is 6.42 Å². The molecular formula is C14H15BrFNS. The third-order valence-corrected chi connectivity index (χ3v) is 4.91. The van der Waals surface area contributed by atoms with E-state index in [-0.39, 0.29) is 11.9 Å². The molecule has 0 radical (unpaired) electrons. The summed E-state index contributed by atoms with van der Waals surface area (Å²) in [6.07, 6.45) is 0.786. The Labute approximate surface area is 119 Å². The van der Waals surface area contributed by atoms with Gasteiger partial charge in [-0.15, -0.1) is 11.3 Å². The van der Waals surface area contributed by atoms with E-state index in [0.29, 0.717) is 0 Å². The van der Waals surface area contributed by atoms with Crippen LogP contribution in [0.1, 0.15) is 22.0 Å². The molecule has 1 heterocycles. The van der Waals surface area contributed by atoms with E-state index in [9.17, 15) is 4.39 Å². The SMILES string of the molecule is CNC(Cc1sccc1Br)c1ccc(C)cc1F. The van der Waals surface area contributed by atoms with E-state index in [1.165, 1.54) is 4.88 Å². The van der Waals surface area contributed by atoms with Gasteiger partial charge < -0.3 is 5.32 Å². The summed E-state index contributed by atoms with van der Waals surface area (Å²) in [5.41, 5.74) is 1.67. The minimum absolute atomic E-state index is 0.000509. The zero-order valence-electron chi connectivity index (χ0n) is 10.3. The van der Waals surface area contributed by atoms with Gasteiger partial charge in [0, 0.05) is 27.4 Å². The molecule has 2 aromatic rings. The van der Waals surface area contributed by atoms with Gasteiger partial charge in [0.15, 0.2) is 0 Å². The van der Waals surface area contributed by atoms with Crippen molar-refractivity contribution in [3.63, 3.8) is 0 Å². The topological polar surface area (TPSA) is 12.0 Å². The largest absolute Gasteiger partial charge is 0.313 e. The number of aryl methyl sites for hydroxylation is 1. The van der Waals surface area contributed by atoms with Crippen LogP contribution in [-0.4, -0.2) is 7.05 Å². The first-order chi connectivity index (χ1) is 8.61. The molecule has 1 nitrogen and oxygen atoms in total. The van der Waals surface area contributed by atoms with Crippen LogP contribution in [0.4, 0.5) is 4.39 Å². The number of likely N-dealkylation sites (N-methyl/N-ethyl adjacent to an activating group) is 1. The summed E-state index contributed by atoms with van der Waals surface area (Å²) in [5.74, 6) is -0.137. The summed E-state index contributed by atoms with van der Waals surface area (Å²) in [7, 11) is 1.87. The van der Waals surface area contributed by atoms with E-state index in [1.54, 1.807) is 17.4 Å². The minimum atomic E-state index is -0.137. The Kier molecular flexibility index (Phi) is 4.54. The van der Waals surface area contributed by atoms with Gasteiger partial charge in [0.1, 0.15) is 5.82 Å². The van der Waals surface area contributed by atoms with Gasteiger partial charge in [-0.1, -0.05) is 12.1 Å². The quantitative estimate of drug-likeness (QED) is 0.874. The summed E-state index contributed by atoms with van der Waals surface area (Å²) in [4.78, 5) is 1.23. The first kappa shape index (κ1) is 13.7. The molecule has 0 saturated carbocycles. The van der Waals surface area contributed by atoms with Crippen molar-refractivity contribution in [3.8, 4) is 0 Å². The molecule has 0 aliphatic heterocycles. The van der Waals surface area contributed by atoms with Gasteiger partial charge >= 0.3 is 0 Å². The monoisotopic (exact) mass is 327 g/mol. The highest BCUT2D eigenvalue weighted by Crippen LogP contribution is 2.29. The normalized spacial score (nSPS) is 12.7. The Morgan fingerprint density at radius 2 is 2.17 bits per heavy atom. The number of nitrogens with one attached hydrogen (secondary N) is 1. The van der Waals surface area contributed by atoms with Gasteiger partial charge in [-0.05, 0) is 53.0 Å². The molecule has 0 aliphatic carbocycles. The lowest BCUT2D eigenvalue weighted by Crippen LogP contribution is -2.19. The van der Waals surface area contributed by atoms with Crippen LogP contribution in [0, 0.1) is 12.7 Å². The number of hydrogen-bond acceptors (Lipinski definition) is 2. The van der Waals surface area contributed by atoms with Crippen molar-refractivity contribution in [1.29, 1.82) is 0 Å². The van der Waals surface area contributed by atoms with Gasteiger partial charge in [0.25, 0.3) is 0 Å². The third-order valence-electron chi connectivity index (χ3n) is 2.96. The van der Waals surface area contributed by atoms with E-state index < -0.39 is 0 Å². The lowest BCUT2D eigenvalue weighted by molar-refractivity contribution is 0.535. The third kappa shape index (κ3) is 2.99. The maximum Gasteiger partial charge on any atom is 0.128 e. The summed E-state index contributed by atoms with van der Waals surface area (Å²) in [6.45, 7) is 1.90. The Bertz CT molecular complexity index is 538. The molecule has 1 unspecified atom stereocenters. The van der Waals surface area contributed by atoms with E-state index in [1.807, 2.05) is 37.6 Å². The number of thiophene rings is 1. The van der Waals surface area contributed by atoms with Gasteiger partial charge in [-0.3, -0.25) is 0 Å². The molecule has 0 amide bonds. The van der Waals surface area contributed by atoms with Crippen LogP contribution in [0.3, 0.4) is 0 Å². The lowest BCUT2D eigenvalue weighted by atomic mass is 10.0. The van der Waals surface area contributed by atoms with Crippen LogP contribution in [0.25, 0.3) is 0 Å². The fraction of sp³-hybridized carbons (Fsp3) is 0.286. The van der Waals surface area contributed by atoms with Gasteiger partial charge in [-0.25, -0.2) is 4.39 Å². The van der Waals surface area contributed by atoms with Crippen molar-refractivity contribution >= 4 is 27.3 Å². The Morgan fingerprint density at radius 1 is 1.39 bits per heavy atom. The van der Waals surface area contributed by atoms with Gasteiger partial charge in [-0.2, -0.15) is 0 Å². The maximum atomic E-state index is 14.0. The number of hydrogen-bond donors (Lipinski definition) is 1. The molecule has 1 atom stereocenters. The second-order valence-electron chi connectivity index (χ2n) is 4.26. The average Bonchev–Trinajstić information content (AvgIpc) is 2.73. The molecule has 1 N–H and O–H groups in total. The number of rotatable bonds is 4. The average molecular weight is 328 g/mol. The second-order valence-corrected chi connectivity index (χ2v) is 6.12. The highest BCUT2D eigenvalue weighted by Gasteiger charge is 2.16. The lowest BCUT2D eigenvalue weighted by Gasteiger charge is -2.17. The zero-order valence-corrected chi connectivity index (χ0v) is 12.7. The van der Waals surface area contributed by atoms with Crippen LogP contribution < -0.4 is 5.32 Å². The molecule has 0 spiro atoms. The Balaban J connectivity index is 2.26. The molecule has 18 heavy (non-hydrogen) atoms. The van der Waals surface area contributed by atoms with Crippen LogP contribution >= 0.6 is 27.3 Å². The van der Waals surface area contributed by atoms with Crippen molar-refractivity contribution in [1.82, 2.24) is 5.32 Å². The molecule has 0 saturated heterocycles. The Morgan fingerprint density at radius 3 is 2.72 bits per heavy atom. The van der Waals surface area contributed by atoms with Crippen molar-refractivity contribution < 1.29 is 4.39 Å². The standard InChI is InChI=1S/C14H15BrFNS/c1-9-3-4-10(12(16)7-9)13(17-2)8-14-11(15)5-6-18-14/h3-7,13,17H,8H2,1-2H3. The van der Waals surface area contributed by atoms with E-state index in [2.05, 4.69) is 21.2 Å². The van der Waals surface area contributed by atoms with Crippen molar-refractivity contribution in [2.24, 2.45) is 0 Å². The predicted octanol–water partition coefficient (Wildman–Crippen LogP) is 4.46. The molecule has 1 aromatic heterocycles. The van der Waals surface area contributed by atoms with E-state index in [0.717, 1.165) is 22.0 Å². The number of benzene rings is 1. The molecule has 0 fully saturated rings. The fourth-order valence-electron chi connectivity index (χ4n) is 1.94. The van der Waals surface area contributed by atoms with E-state index >= 15 is 0 Å². The maximum absolute atomic E-state index is 14.0. The molecule has 0 aliphatic rings. The summed E-state index contributed by atoms with van der Waals surface area (Å²) < 4.78 is 15.1. The summed E-state index contributed by atoms with van der Waals surface area (Å²) in [5, 5.41) is 5.23. The molecular weight excluding hydrogens is 313 g/mol. The molecule has 1 aromatic carbocycles. The summed E-state index contributed by atoms with van der Waals surface area (Å²) >= 11 is 5.20. The van der Waals surface area contributed by atoms with Crippen LogP contribution in [0.5, 0.6) is 0 Å². The van der Waals surface area contributed by atoms with E-state index in [4.69, 9.17) is 0 Å². The van der Waals surface area contributed by atoms with Crippen LogP contribution in [0.15, 0.2) is 34.1 Å². The number of halogens is 2. The highest BCUT2D eigenvalue weighted by molar-refractivity contribution is 9.10. The first-order valence-electron chi connectivity index (χ1n) is 5.77. The fourth-order valence-corrected chi connectivity index (χ4v) is 3.50. The smallest absolute Gasteiger partial charge is 0.128 e. The van der Waals surface area contributed by atoms with Gasteiger partial charge in [0.05, 0.1) is 0 Å². The zero-order chi connectivity index (χ0) is 13.1. The second kappa shape index (κ2) is 5.95. The van der Waals surface area contributed by atoms with Crippen molar-refractivity contribution in [2.75, 3.05) is 7.05 Å². The first-order valence-corrected chi connectivity index (χ1v) is 7.44. The summed E-state index contributed by atoms with van der Waals surface area (Å²) in [6, 6.07) is 7.43.